The van der Waals surface area contributed by atoms with Gasteiger partial charge in [0.15, 0.2) is 0 Å². The lowest BCUT2D eigenvalue weighted by Gasteiger charge is -2.40. The van der Waals surface area contributed by atoms with Gasteiger partial charge in [0.1, 0.15) is 0 Å². The van der Waals surface area contributed by atoms with E-state index in [0.29, 0.717) is 0 Å². The van der Waals surface area contributed by atoms with E-state index in [1.165, 1.54) is 138 Å². The number of hydrogen-bond donors (Lipinski definition) is 0. The molecule has 76 heavy (non-hydrogen) atoms. The summed E-state index contributed by atoms with van der Waals surface area (Å²) in [6.07, 6.45) is 0. The molecule has 0 N–H and O–H groups in total. The summed E-state index contributed by atoms with van der Waals surface area (Å²) in [5.74, 6) is 0. The van der Waals surface area contributed by atoms with Gasteiger partial charge in [-0.25, -0.2) is 0 Å². The molecule has 0 saturated heterocycles. The molecule has 13 aromatic carbocycles. The first-order chi connectivity index (χ1) is 37.8. The van der Waals surface area contributed by atoms with Crippen molar-refractivity contribution in [3.8, 4) is 39.1 Å². The molecule has 14 aromatic rings. The van der Waals surface area contributed by atoms with E-state index in [1.54, 1.807) is 0 Å². The van der Waals surface area contributed by atoms with E-state index < -0.39 is 10.8 Å². The van der Waals surface area contributed by atoms with Crippen LogP contribution < -0.4 is 4.90 Å². The van der Waals surface area contributed by atoms with Gasteiger partial charge < -0.3 is 9.47 Å². The van der Waals surface area contributed by atoms with Gasteiger partial charge in [-0.05, 0) is 124 Å². The summed E-state index contributed by atoms with van der Waals surface area (Å²) >= 11 is 0. The first-order valence-electron chi connectivity index (χ1n) is 26.7. The highest BCUT2D eigenvalue weighted by molar-refractivity contribution is 6.19. The number of aromatic nitrogens is 1. The standard InChI is InChI=1S/C74H44N2/c1-2-22-46-45(21-1)43-68(50-26-4-3-23-47(46)50)75(69-44-64-70(53-29-6-5-27-51(53)69)55-30-9-14-35-59(55)73(64)57-33-12-7-24-48(57)49-25-8-13-34-58(49)73)67-42-20-38-62-71(67)56-31-10-15-36-60(56)74(62)61-37-16-18-41-66(61)76-65-40-17-11-28-52(65)54-32-19-39-63(74)72(54)76/h1-44H. The second kappa shape index (κ2) is 14.5. The van der Waals surface area contributed by atoms with E-state index in [0.717, 1.165) is 17.1 Å². The van der Waals surface area contributed by atoms with E-state index >= 15 is 0 Å². The van der Waals surface area contributed by atoms with Crippen molar-refractivity contribution in [3.05, 3.63) is 311 Å². The Morgan fingerprint density at radius 1 is 0.263 bits per heavy atom. The van der Waals surface area contributed by atoms with Gasteiger partial charge in [-0.1, -0.05) is 237 Å². The van der Waals surface area contributed by atoms with Gasteiger partial charge in [0, 0.05) is 27.1 Å². The quantitative estimate of drug-likeness (QED) is 0.160. The Labute approximate surface area is 439 Å². The van der Waals surface area contributed by atoms with Crippen molar-refractivity contribution in [2.75, 3.05) is 4.90 Å². The SMILES string of the molecule is c1ccc2c(c1)-c1ccccc1C21c2ccccc2-c2c1cc(N(c1cccc3c1-c1ccccc1C31c3ccccc3-n3c4ccccc4c4cccc1c43)c1cc3ccccc3c3ccccc13)c1ccccc21. The summed E-state index contributed by atoms with van der Waals surface area (Å²) in [6.45, 7) is 0. The first kappa shape index (κ1) is 40.7. The maximum absolute atomic E-state index is 2.68. The Hall–Kier alpha value is -9.76. The maximum atomic E-state index is 2.68. The van der Waals surface area contributed by atoms with Gasteiger partial charge in [-0.2, -0.15) is 0 Å². The monoisotopic (exact) mass is 960 g/mol. The van der Waals surface area contributed by atoms with Crippen LogP contribution in [0.25, 0.3) is 93.2 Å². The fourth-order valence-corrected chi connectivity index (χ4v) is 15.5. The van der Waals surface area contributed by atoms with Gasteiger partial charge in [0.2, 0.25) is 0 Å². The number of nitrogens with zero attached hydrogens (tertiary/aromatic N) is 2. The van der Waals surface area contributed by atoms with Crippen molar-refractivity contribution in [2.24, 2.45) is 0 Å². The highest BCUT2D eigenvalue weighted by atomic mass is 15.2. The molecule has 1 atom stereocenters. The second-order valence-electron chi connectivity index (χ2n) is 21.3. The largest absolute Gasteiger partial charge is 0.309 e. The van der Waals surface area contributed by atoms with Gasteiger partial charge >= 0.3 is 0 Å². The molecule has 350 valence electrons. The van der Waals surface area contributed by atoms with Crippen LogP contribution in [0, 0.1) is 0 Å². The van der Waals surface area contributed by atoms with E-state index in [2.05, 4.69) is 276 Å². The predicted octanol–water partition coefficient (Wildman–Crippen LogP) is 18.7. The lowest BCUT2D eigenvalue weighted by Crippen LogP contribution is -2.33. The number of para-hydroxylation sites is 3. The molecule has 1 aliphatic heterocycles. The fraction of sp³-hybridized carbons (Fsp3) is 0.0270. The molecule has 0 radical (unpaired) electrons. The van der Waals surface area contributed by atoms with E-state index in [9.17, 15) is 0 Å². The minimum absolute atomic E-state index is 0.548. The highest BCUT2D eigenvalue weighted by Crippen LogP contribution is 2.67. The molecule has 0 saturated carbocycles. The number of rotatable bonds is 3. The number of anilines is 3. The predicted molar refractivity (Wildman–Crippen MR) is 315 cm³/mol. The summed E-state index contributed by atoms with van der Waals surface area (Å²) in [6, 6.07) is 102. The summed E-state index contributed by atoms with van der Waals surface area (Å²) in [4.78, 5) is 2.68. The summed E-state index contributed by atoms with van der Waals surface area (Å²) in [5.41, 5.74) is 24.3. The molecule has 1 unspecified atom stereocenters. The van der Waals surface area contributed by atoms with Crippen LogP contribution in [0.4, 0.5) is 17.1 Å². The molecule has 2 spiro atoms. The average Bonchev–Trinajstić information content (AvgIpc) is 4.35. The van der Waals surface area contributed by atoms with Crippen LogP contribution in [0.3, 0.4) is 0 Å². The van der Waals surface area contributed by atoms with Crippen molar-refractivity contribution in [1.29, 1.82) is 0 Å². The van der Waals surface area contributed by atoms with E-state index in [4.69, 9.17) is 0 Å². The molecule has 0 bridgehead atoms. The Kier molecular flexibility index (Phi) is 7.77. The third-order valence-electron chi connectivity index (χ3n) is 18.1. The summed E-state index contributed by atoms with van der Waals surface area (Å²) < 4.78 is 2.54. The van der Waals surface area contributed by atoms with Crippen molar-refractivity contribution in [1.82, 2.24) is 4.57 Å². The second-order valence-corrected chi connectivity index (χ2v) is 21.3. The van der Waals surface area contributed by atoms with Crippen molar-refractivity contribution in [2.45, 2.75) is 10.8 Å². The third kappa shape index (κ3) is 4.72. The van der Waals surface area contributed by atoms with Gasteiger partial charge in [-0.15, -0.1) is 0 Å². The Morgan fingerprint density at radius 3 is 1.45 bits per heavy atom. The molecular weight excluding hydrogens is 917 g/mol. The van der Waals surface area contributed by atoms with Crippen LogP contribution in [-0.2, 0) is 10.8 Å². The van der Waals surface area contributed by atoms with Gasteiger partial charge in [0.25, 0.3) is 0 Å². The fourth-order valence-electron chi connectivity index (χ4n) is 15.5. The van der Waals surface area contributed by atoms with Crippen LogP contribution in [0.5, 0.6) is 0 Å². The zero-order valence-corrected chi connectivity index (χ0v) is 41.3. The number of fused-ring (bicyclic) bond motifs is 27. The third-order valence-corrected chi connectivity index (χ3v) is 18.1. The summed E-state index contributed by atoms with van der Waals surface area (Å²) in [7, 11) is 0. The summed E-state index contributed by atoms with van der Waals surface area (Å²) in [5, 5.41) is 9.91. The van der Waals surface area contributed by atoms with Crippen molar-refractivity contribution >= 4 is 71.2 Å². The molecule has 18 rings (SSSR count). The van der Waals surface area contributed by atoms with Crippen LogP contribution in [0.15, 0.2) is 267 Å². The molecule has 2 heteroatoms. The van der Waals surface area contributed by atoms with Crippen LogP contribution in [-0.4, -0.2) is 4.57 Å². The minimum Gasteiger partial charge on any atom is -0.309 e. The Bertz CT molecular complexity index is 4870. The molecule has 1 aromatic heterocycles. The van der Waals surface area contributed by atoms with Crippen LogP contribution >= 0.6 is 0 Å². The molecule has 2 nitrogen and oxygen atoms in total. The van der Waals surface area contributed by atoms with E-state index in [1.807, 2.05) is 0 Å². The Morgan fingerprint density at radius 2 is 0.724 bits per heavy atom. The molecule has 0 fully saturated rings. The van der Waals surface area contributed by atoms with Crippen LogP contribution in [0.1, 0.15) is 44.5 Å². The maximum Gasteiger partial charge on any atom is 0.0755 e. The van der Waals surface area contributed by atoms with Gasteiger partial charge in [-0.3, -0.25) is 0 Å². The lowest BCUT2D eigenvalue weighted by molar-refractivity contribution is 0.748. The highest BCUT2D eigenvalue weighted by Gasteiger charge is 2.54. The lowest BCUT2D eigenvalue weighted by atomic mass is 9.65. The van der Waals surface area contributed by atoms with Gasteiger partial charge in [0.05, 0.1) is 44.6 Å². The topological polar surface area (TPSA) is 8.17 Å². The normalized spacial score (nSPS) is 15.5. The zero-order chi connectivity index (χ0) is 49.4. The van der Waals surface area contributed by atoms with Crippen molar-refractivity contribution < 1.29 is 0 Å². The molecular formula is C74H44N2. The molecule has 3 aliphatic carbocycles. The minimum atomic E-state index is -0.623. The molecule has 4 aliphatic rings. The molecule has 0 amide bonds. The molecule has 2 heterocycles. The smallest absolute Gasteiger partial charge is 0.0755 e. The van der Waals surface area contributed by atoms with Crippen LogP contribution in [0.2, 0.25) is 0 Å². The Balaban J connectivity index is 1.02. The van der Waals surface area contributed by atoms with Crippen molar-refractivity contribution in [3.63, 3.8) is 0 Å². The zero-order valence-electron chi connectivity index (χ0n) is 41.3. The number of benzene rings is 13. The first-order valence-corrected chi connectivity index (χ1v) is 26.7. The number of hydrogen-bond acceptors (Lipinski definition) is 1. The average molecular weight is 961 g/mol. The van der Waals surface area contributed by atoms with E-state index in [-0.39, 0.29) is 0 Å².